The van der Waals surface area contributed by atoms with Gasteiger partial charge in [0.25, 0.3) is 0 Å². The first-order valence-electron chi connectivity index (χ1n) is 7.70. The van der Waals surface area contributed by atoms with Crippen molar-refractivity contribution < 1.29 is 13.9 Å². The third-order valence-corrected chi connectivity index (χ3v) is 4.80. The molecule has 5 heteroatoms. The number of halogens is 1. The van der Waals surface area contributed by atoms with Gasteiger partial charge >= 0.3 is 5.97 Å². The number of fused-ring (bicyclic) bond motifs is 1. The third kappa shape index (κ3) is 3.44. The van der Waals surface area contributed by atoms with Crippen LogP contribution in [0.15, 0.2) is 42.5 Å². The van der Waals surface area contributed by atoms with Crippen LogP contribution in [0.4, 0.5) is 4.39 Å². The number of carbonyl (C=O) groups excluding carboxylic acids is 1. The van der Waals surface area contributed by atoms with Crippen molar-refractivity contribution in [3.63, 3.8) is 0 Å². The smallest absolute Gasteiger partial charge is 0.348 e. The Bertz CT molecular complexity index is 997. The molecule has 0 aliphatic rings. The van der Waals surface area contributed by atoms with Crippen molar-refractivity contribution in [2.75, 3.05) is 6.61 Å². The molecule has 0 aliphatic carbocycles. The first-order chi connectivity index (χ1) is 12.1. The van der Waals surface area contributed by atoms with E-state index in [0.717, 1.165) is 5.56 Å². The van der Waals surface area contributed by atoms with E-state index >= 15 is 0 Å². The van der Waals surface area contributed by atoms with Crippen LogP contribution in [0.2, 0.25) is 0 Å². The standard InChI is InChI=1S/C20H14FNO2S/c1-2-24-20(23)19-15(18-16(21)4-3-5-17(18)25-19)11-10-13-6-8-14(12-22)9-7-13/h3-11H,2H2,1H3/b11-10+. The largest absolute Gasteiger partial charge is 0.462 e. The highest BCUT2D eigenvalue weighted by Gasteiger charge is 2.19. The second-order valence-corrected chi connectivity index (χ2v) is 6.30. The molecule has 1 heterocycles. The molecule has 0 atom stereocenters. The maximum Gasteiger partial charge on any atom is 0.348 e. The van der Waals surface area contributed by atoms with E-state index < -0.39 is 5.97 Å². The molecular weight excluding hydrogens is 337 g/mol. The molecule has 3 aromatic rings. The minimum absolute atomic E-state index is 0.258. The fourth-order valence-corrected chi connectivity index (χ4v) is 3.58. The normalized spacial score (nSPS) is 10.9. The van der Waals surface area contributed by atoms with Crippen LogP contribution in [0.5, 0.6) is 0 Å². The van der Waals surface area contributed by atoms with Gasteiger partial charge in [-0.2, -0.15) is 5.26 Å². The lowest BCUT2D eigenvalue weighted by Gasteiger charge is -2.01. The van der Waals surface area contributed by atoms with E-state index in [2.05, 4.69) is 6.07 Å². The Labute approximate surface area is 148 Å². The summed E-state index contributed by atoms with van der Waals surface area (Å²) in [5.41, 5.74) is 1.93. The van der Waals surface area contributed by atoms with Crippen LogP contribution in [0.25, 0.3) is 22.2 Å². The average molecular weight is 351 g/mol. The molecule has 0 fully saturated rings. The number of nitriles is 1. The van der Waals surface area contributed by atoms with Gasteiger partial charge in [-0.1, -0.05) is 30.4 Å². The highest BCUT2D eigenvalue weighted by molar-refractivity contribution is 7.21. The van der Waals surface area contributed by atoms with Crippen LogP contribution in [0, 0.1) is 17.1 Å². The minimum Gasteiger partial charge on any atom is -0.462 e. The number of nitrogens with zero attached hydrogens (tertiary/aromatic N) is 1. The SMILES string of the molecule is CCOC(=O)c1sc2cccc(F)c2c1/C=C/c1ccc(C#N)cc1. The fraction of sp³-hybridized carbons (Fsp3) is 0.100. The molecule has 0 saturated heterocycles. The summed E-state index contributed by atoms with van der Waals surface area (Å²) in [4.78, 5) is 12.6. The summed E-state index contributed by atoms with van der Waals surface area (Å²) < 4.78 is 20.1. The number of thiophene rings is 1. The number of benzene rings is 2. The lowest BCUT2D eigenvalue weighted by molar-refractivity contribution is 0.0532. The summed E-state index contributed by atoms with van der Waals surface area (Å²) in [5.74, 6) is -0.827. The summed E-state index contributed by atoms with van der Waals surface area (Å²) in [5, 5.41) is 9.26. The van der Waals surface area contributed by atoms with Gasteiger partial charge in [-0.15, -0.1) is 11.3 Å². The van der Waals surface area contributed by atoms with Crippen molar-refractivity contribution >= 4 is 39.5 Å². The first kappa shape index (κ1) is 16.9. The van der Waals surface area contributed by atoms with Crippen LogP contribution in [0.3, 0.4) is 0 Å². The number of ether oxygens (including phenoxy) is 1. The second-order valence-electron chi connectivity index (χ2n) is 5.25. The Balaban J connectivity index is 2.09. The molecule has 124 valence electrons. The van der Waals surface area contributed by atoms with Gasteiger partial charge in [-0.05, 0) is 36.8 Å². The van der Waals surface area contributed by atoms with Crippen molar-refractivity contribution in [2.24, 2.45) is 0 Å². The molecule has 0 N–H and O–H groups in total. The second kappa shape index (κ2) is 7.29. The zero-order valence-corrected chi connectivity index (χ0v) is 14.3. The fourth-order valence-electron chi connectivity index (χ4n) is 2.48. The van der Waals surface area contributed by atoms with E-state index in [1.165, 1.54) is 17.4 Å². The van der Waals surface area contributed by atoms with Crippen LogP contribution in [-0.4, -0.2) is 12.6 Å². The van der Waals surface area contributed by atoms with E-state index in [4.69, 9.17) is 10.00 Å². The van der Waals surface area contributed by atoms with Gasteiger partial charge in [0.1, 0.15) is 10.7 Å². The van der Waals surface area contributed by atoms with Crippen molar-refractivity contribution in [3.8, 4) is 6.07 Å². The number of hydrogen-bond donors (Lipinski definition) is 0. The predicted octanol–water partition coefficient (Wildman–Crippen LogP) is 5.26. The van der Waals surface area contributed by atoms with Crippen molar-refractivity contribution in [2.45, 2.75) is 6.92 Å². The molecule has 0 radical (unpaired) electrons. The molecule has 0 unspecified atom stereocenters. The van der Waals surface area contributed by atoms with Crippen LogP contribution < -0.4 is 0 Å². The highest BCUT2D eigenvalue weighted by atomic mass is 32.1. The van der Waals surface area contributed by atoms with Gasteiger partial charge in [0.15, 0.2) is 0 Å². The maximum atomic E-state index is 14.3. The number of rotatable bonds is 4. The topological polar surface area (TPSA) is 50.1 Å². The molecule has 25 heavy (non-hydrogen) atoms. The molecule has 3 rings (SSSR count). The van der Waals surface area contributed by atoms with Gasteiger partial charge in [-0.25, -0.2) is 9.18 Å². The zero-order chi connectivity index (χ0) is 17.8. The van der Waals surface area contributed by atoms with E-state index in [1.54, 1.807) is 55.5 Å². The first-order valence-corrected chi connectivity index (χ1v) is 8.52. The van der Waals surface area contributed by atoms with Gasteiger partial charge in [-0.3, -0.25) is 0 Å². The zero-order valence-electron chi connectivity index (χ0n) is 13.5. The third-order valence-electron chi connectivity index (χ3n) is 3.64. The Kier molecular flexibility index (Phi) is 4.92. The summed E-state index contributed by atoms with van der Waals surface area (Å²) in [7, 11) is 0. The molecule has 0 bridgehead atoms. The van der Waals surface area contributed by atoms with E-state index in [-0.39, 0.29) is 12.4 Å². The molecular formula is C20H14FNO2S. The summed E-state index contributed by atoms with van der Waals surface area (Å²) >= 11 is 1.22. The monoisotopic (exact) mass is 351 g/mol. The quantitative estimate of drug-likeness (QED) is 0.603. The lowest BCUT2D eigenvalue weighted by atomic mass is 10.1. The summed E-state index contributed by atoms with van der Waals surface area (Å²) in [6, 6.07) is 13.8. The Hall–Kier alpha value is -2.97. The van der Waals surface area contributed by atoms with Crippen LogP contribution >= 0.6 is 11.3 Å². The maximum absolute atomic E-state index is 14.3. The molecule has 2 aromatic carbocycles. The summed E-state index contributed by atoms with van der Waals surface area (Å²) in [6.07, 6.45) is 3.51. The molecule has 0 amide bonds. The van der Waals surface area contributed by atoms with Gasteiger partial charge in [0.05, 0.1) is 18.2 Å². The van der Waals surface area contributed by atoms with Crippen molar-refractivity contribution in [3.05, 3.63) is 69.8 Å². The van der Waals surface area contributed by atoms with E-state index in [0.29, 0.717) is 26.1 Å². The van der Waals surface area contributed by atoms with Crippen molar-refractivity contribution in [1.29, 1.82) is 5.26 Å². The van der Waals surface area contributed by atoms with Crippen LogP contribution in [0.1, 0.15) is 33.3 Å². The predicted molar refractivity (Wildman–Crippen MR) is 97.8 cm³/mol. The minimum atomic E-state index is -0.456. The molecule has 1 aromatic heterocycles. The molecule has 0 saturated carbocycles. The number of hydrogen-bond acceptors (Lipinski definition) is 4. The van der Waals surface area contributed by atoms with E-state index in [1.807, 2.05) is 0 Å². The Morgan fingerprint density at radius 1 is 1.24 bits per heavy atom. The Morgan fingerprint density at radius 2 is 2.00 bits per heavy atom. The van der Waals surface area contributed by atoms with Gasteiger partial charge in [0.2, 0.25) is 0 Å². The summed E-state index contributed by atoms with van der Waals surface area (Å²) in [6.45, 7) is 1.99. The van der Waals surface area contributed by atoms with Gasteiger partial charge in [0, 0.05) is 15.6 Å². The van der Waals surface area contributed by atoms with Crippen LogP contribution in [-0.2, 0) is 4.74 Å². The molecule has 3 nitrogen and oxygen atoms in total. The van der Waals surface area contributed by atoms with E-state index in [9.17, 15) is 9.18 Å². The number of esters is 1. The van der Waals surface area contributed by atoms with Gasteiger partial charge < -0.3 is 4.74 Å². The average Bonchev–Trinajstić information content (AvgIpc) is 3.01. The Morgan fingerprint density at radius 3 is 2.68 bits per heavy atom. The molecule has 0 aliphatic heterocycles. The van der Waals surface area contributed by atoms with Crippen molar-refractivity contribution in [1.82, 2.24) is 0 Å². The number of carbonyl (C=O) groups is 1. The molecule has 0 spiro atoms. The lowest BCUT2D eigenvalue weighted by Crippen LogP contribution is -2.03. The highest BCUT2D eigenvalue weighted by Crippen LogP contribution is 2.35.